The summed E-state index contributed by atoms with van der Waals surface area (Å²) in [5.41, 5.74) is 5.61. The maximum Gasteiger partial charge on any atom is 0.256 e. The number of rotatable bonds is 2. The SMILES string of the molecule is Cc1scc(C(=O)Nc2ccc3c(c2)CCC3)c1C. The molecule has 3 rings (SSSR count). The first-order chi connectivity index (χ1) is 9.15. The third kappa shape index (κ3) is 2.30. The first-order valence-electron chi connectivity index (χ1n) is 6.63. The molecule has 0 saturated heterocycles. The van der Waals surface area contributed by atoms with Crippen molar-refractivity contribution in [1.29, 1.82) is 0 Å². The molecule has 1 aliphatic rings. The number of fused-ring (bicyclic) bond motifs is 1. The van der Waals surface area contributed by atoms with Crippen molar-refractivity contribution in [1.82, 2.24) is 0 Å². The molecular weight excluding hydrogens is 254 g/mol. The molecule has 2 nitrogen and oxygen atoms in total. The quantitative estimate of drug-likeness (QED) is 0.875. The van der Waals surface area contributed by atoms with Crippen molar-refractivity contribution in [2.75, 3.05) is 5.32 Å². The van der Waals surface area contributed by atoms with Gasteiger partial charge in [0, 0.05) is 15.9 Å². The summed E-state index contributed by atoms with van der Waals surface area (Å²) < 4.78 is 0. The van der Waals surface area contributed by atoms with Crippen LogP contribution in [0.1, 0.15) is 38.3 Å². The van der Waals surface area contributed by atoms with Gasteiger partial charge in [-0.3, -0.25) is 4.79 Å². The van der Waals surface area contributed by atoms with Gasteiger partial charge in [0.05, 0.1) is 5.56 Å². The minimum Gasteiger partial charge on any atom is -0.322 e. The molecule has 98 valence electrons. The third-order valence-electron chi connectivity index (χ3n) is 3.89. The van der Waals surface area contributed by atoms with Gasteiger partial charge in [0.25, 0.3) is 5.91 Å². The Balaban J connectivity index is 1.82. The van der Waals surface area contributed by atoms with Crippen LogP contribution in [0.25, 0.3) is 0 Å². The van der Waals surface area contributed by atoms with Crippen molar-refractivity contribution in [3.63, 3.8) is 0 Å². The van der Waals surface area contributed by atoms with Crippen LogP contribution in [0.15, 0.2) is 23.6 Å². The van der Waals surface area contributed by atoms with Crippen molar-refractivity contribution in [3.8, 4) is 0 Å². The molecule has 1 aromatic carbocycles. The number of nitrogens with one attached hydrogen (secondary N) is 1. The van der Waals surface area contributed by atoms with E-state index in [1.165, 1.54) is 28.8 Å². The molecule has 1 heterocycles. The molecule has 3 heteroatoms. The molecular formula is C16H17NOS. The van der Waals surface area contributed by atoms with Crippen LogP contribution >= 0.6 is 11.3 Å². The van der Waals surface area contributed by atoms with Gasteiger partial charge in [0.15, 0.2) is 0 Å². The van der Waals surface area contributed by atoms with Crippen LogP contribution in [0.5, 0.6) is 0 Å². The largest absolute Gasteiger partial charge is 0.322 e. The fraction of sp³-hybridized carbons (Fsp3) is 0.312. The standard InChI is InChI=1S/C16H17NOS/c1-10-11(2)19-9-15(10)16(18)17-14-7-6-12-4-3-5-13(12)8-14/h6-9H,3-5H2,1-2H3,(H,17,18). The summed E-state index contributed by atoms with van der Waals surface area (Å²) in [5.74, 6) is -0.000188. The van der Waals surface area contributed by atoms with Crippen LogP contribution in [0.3, 0.4) is 0 Å². The average molecular weight is 271 g/mol. The van der Waals surface area contributed by atoms with E-state index in [0.29, 0.717) is 0 Å². The van der Waals surface area contributed by atoms with Gasteiger partial charge in [-0.15, -0.1) is 11.3 Å². The molecule has 0 saturated carbocycles. The Hall–Kier alpha value is -1.61. The fourth-order valence-electron chi connectivity index (χ4n) is 2.59. The maximum absolute atomic E-state index is 12.2. The topological polar surface area (TPSA) is 29.1 Å². The Kier molecular flexibility index (Phi) is 3.15. The Bertz CT molecular complexity index is 642. The van der Waals surface area contributed by atoms with Gasteiger partial charge in [-0.25, -0.2) is 0 Å². The van der Waals surface area contributed by atoms with E-state index in [1.54, 1.807) is 11.3 Å². The van der Waals surface area contributed by atoms with Gasteiger partial charge in [0.1, 0.15) is 0 Å². The first-order valence-corrected chi connectivity index (χ1v) is 7.51. The second kappa shape index (κ2) is 4.82. The van der Waals surface area contributed by atoms with E-state index >= 15 is 0 Å². The molecule has 1 aromatic heterocycles. The van der Waals surface area contributed by atoms with E-state index in [1.807, 2.05) is 25.3 Å². The monoisotopic (exact) mass is 271 g/mol. The lowest BCUT2D eigenvalue weighted by molar-refractivity contribution is 0.102. The molecule has 0 unspecified atom stereocenters. The van der Waals surface area contributed by atoms with E-state index < -0.39 is 0 Å². The van der Waals surface area contributed by atoms with Crippen molar-refractivity contribution >= 4 is 22.9 Å². The Morgan fingerprint density at radius 1 is 1.21 bits per heavy atom. The molecule has 1 amide bonds. The van der Waals surface area contributed by atoms with E-state index in [2.05, 4.69) is 17.4 Å². The molecule has 0 fully saturated rings. The summed E-state index contributed by atoms with van der Waals surface area (Å²) in [6.07, 6.45) is 3.54. The minimum absolute atomic E-state index is 0.000188. The smallest absolute Gasteiger partial charge is 0.256 e. The molecule has 0 bridgehead atoms. The summed E-state index contributed by atoms with van der Waals surface area (Å²) in [7, 11) is 0. The Morgan fingerprint density at radius 2 is 2.00 bits per heavy atom. The van der Waals surface area contributed by atoms with Gasteiger partial charge in [-0.2, -0.15) is 0 Å². The number of aryl methyl sites for hydroxylation is 3. The normalized spacial score (nSPS) is 13.4. The number of benzene rings is 1. The third-order valence-corrected chi connectivity index (χ3v) is 4.90. The van der Waals surface area contributed by atoms with Crippen molar-refractivity contribution in [2.24, 2.45) is 0 Å². The highest BCUT2D eigenvalue weighted by Crippen LogP contribution is 2.26. The summed E-state index contributed by atoms with van der Waals surface area (Å²) >= 11 is 1.63. The van der Waals surface area contributed by atoms with Crippen molar-refractivity contribution < 1.29 is 4.79 Å². The van der Waals surface area contributed by atoms with Crippen LogP contribution in [0.4, 0.5) is 5.69 Å². The molecule has 0 aliphatic heterocycles. The van der Waals surface area contributed by atoms with Gasteiger partial charge in [-0.05, 0) is 61.9 Å². The number of hydrogen-bond donors (Lipinski definition) is 1. The summed E-state index contributed by atoms with van der Waals surface area (Å²) in [6, 6.07) is 6.27. The number of anilines is 1. The van der Waals surface area contributed by atoms with Gasteiger partial charge in [0.2, 0.25) is 0 Å². The van der Waals surface area contributed by atoms with E-state index in [9.17, 15) is 4.79 Å². The number of carbonyl (C=O) groups excluding carboxylic acids is 1. The predicted octanol–water partition coefficient (Wildman–Crippen LogP) is 4.11. The second-order valence-electron chi connectivity index (χ2n) is 5.12. The number of carbonyl (C=O) groups is 1. The maximum atomic E-state index is 12.2. The number of hydrogen-bond acceptors (Lipinski definition) is 2. The highest BCUT2D eigenvalue weighted by atomic mass is 32.1. The molecule has 1 aliphatic carbocycles. The summed E-state index contributed by atoms with van der Waals surface area (Å²) in [6.45, 7) is 4.05. The van der Waals surface area contributed by atoms with Gasteiger partial charge in [-0.1, -0.05) is 6.07 Å². The van der Waals surface area contributed by atoms with Gasteiger partial charge >= 0.3 is 0 Å². The second-order valence-corrected chi connectivity index (χ2v) is 6.21. The Morgan fingerprint density at radius 3 is 2.74 bits per heavy atom. The average Bonchev–Trinajstić information content (AvgIpc) is 2.97. The van der Waals surface area contributed by atoms with Crippen LogP contribution in [-0.4, -0.2) is 5.91 Å². The van der Waals surface area contributed by atoms with E-state index in [-0.39, 0.29) is 5.91 Å². The van der Waals surface area contributed by atoms with Crippen molar-refractivity contribution in [3.05, 3.63) is 50.7 Å². The molecule has 0 atom stereocenters. The zero-order valence-corrected chi connectivity index (χ0v) is 12.1. The Labute approximate surface area is 117 Å². The minimum atomic E-state index is -0.000188. The zero-order chi connectivity index (χ0) is 13.4. The van der Waals surface area contributed by atoms with Crippen LogP contribution in [-0.2, 0) is 12.8 Å². The number of thiophene rings is 1. The fourth-order valence-corrected chi connectivity index (χ4v) is 3.45. The van der Waals surface area contributed by atoms with Crippen LogP contribution in [0, 0.1) is 13.8 Å². The van der Waals surface area contributed by atoms with Crippen LogP contribution < -0.4 is 5.32 Å². The van der Waals surface area contributed by atoms with Crippen molar-refractivity contribution in [2.45, 2.75) is 33.1 Å². The highest BCUT2D eigenvalue weighted by Gasteiger charge is 2.15. The lowest BCUT2D eigenvalue weighted by Crippen LogP contribution is -2.12. The summed E-state index contributed by atoms with van der Waals surface area (Å²) in [4.78, 5) is 13.5. The predicted molar refractivity (Wildman–Crippen MR) is 80.2 cm³/mol. The lowest BCUT2D eigenvalue weighted by Gasteiger charge is -2.07. The van der Waals surface area contributed by atoms with E-state index in [0.717, 1.165) is 23.2 Å². The zero-order valence-electron chi connectivity index (χ0n) is 11.2. The molecule has 0 spiro atoms. The molecule has 1 N–H and O–H groups in total. The van der Waals surface area contributed by atoms with E-state index in [4.69, 9.17) is 0 Å². The lowest BCUT2D eigenvalue weighted by atomic mass is 10.1. The first kappa shape index (κ1) is 12.4. The van der Waals surface area contributed by atoms with Gasteiger partial charge < -0.3 is 5.32 Å². The number of amides is 1. The van der Waals surface area contributed by atoms with Crippen LogP contribution in [0.2, 0.25) is 0 Å². The highest BCUT2D eigenvalue weighted by molar-refractivity contribution is 7.10. The molecule has 2 aromatic rings. The summed E-state index contributed by atoms with van der Waals surface area (Å²) in [5, 5.41) is 4.95. The molecule has 0 radical (unpaired) electrons. The molecule has 19 heavy (non-hydrogen) atoms.